The maximum absolute atomic E-state index is 13.3. The molecule has 4 atom stereocenters. The molecule has 2 aliphatic carbocycles. The van der Waals surface area contributed by atoms with E-state index in [0.717, 1.165) is 36.3 Å². The first-order valence-corrected chi connectivity index (χ1v) is 10.2. The molecule has 2 bridgehead atoms. The minimum Gasteiger partial charge on any atom is -0.321 e. The third-order valence-electron chi connectivity index (χ3n) is 6.80. The third kappa shape index (κ3) is 3.04. The Kier molecular flexibility index (Phi) is 4.42. The number of nitrogens with one attached hydrogen (secondary N) is 1. The van der Waals surface area contributed by atoms with Gasteiger partial charge >= 0.3 is 6.18 Å². The molecule has 1 aliphatic heterocycles. The number of rotatable bonds is 3. The van der Waals surface area contributed by atoms with Gasteiger partial charge in [0.25, 0.3) is 5.91 Å². The van der Waals surface area contributed by atoms with E-state index in [9.17, 15) is 27.6 Å². The average molecular weight is 428 g/mol. The van der Waals surface area contributed by atoms with Crippen molar-refractivity contribution in [1.82, 2.24) is 0 Å². The van der Waals surface area contributed by atoms with Crippen LogP contribution in [0.25, 0.3) is 0 Å². The molecule has 3 aliphatic rings. The molecule has 1 heterocycles. The van der Waals surface area contributed by atoms with Gasteiger partial charge in [-0.25, -0.2) is 4.90 Å². The van der Waals surface area contributed by atoms with Gasteiger partial charge in [-0.3, -0.25) is 14.4 Å². The van der Waals surface area contributed by atoms with Gasteiger partial charge in [0.2, 0.25) is 11.8 Å². The standard InChI is InChI=1S/C23H19F3N2O3/c24-23(25,26)15-6-2-3-7-16(15)27-20(29)14-5-1-4-8-17(14)28-21(30)18-12-9-10-13(11-12)19(18)22(28)31/h1-8,12-13,18-19H,9-11H2,(H,27,29)/t12-,13-,18-,19+/m0/s1. The second-order valence-electron chi connectivity index (χ2n) is 8.41. The van der Waals surface area contributed by atoms with Gasteiger partial charge in [-0.05, 0) is 55.4 Å². The van der Waals surface area contributed by atoms with Crippen molar-refractivity contribution in [3.05, 3.63) is 59.7 Å². The predicted octanol–water partition coefficient (Wildman–Crippen LogP) is 4.49. The lowest BCUT2D eigenvalue weighted by Crippen LogP contribution is -2.34. The van der Waals surface area contributed by atoms with Crippen LogP contribution < -0.4 is 10.2 Å². The Morgan fingerprint density at radius 1 is 0.903 bits per heavy atom. The topological polar surface area (TPSA) is 66.5 Å². The predicted molar refractivity (Wildman–Crippen MR) is 106 cm³/mol. The fourth-order valence-electron chi connectivity index (χ4n) is 5.54. The summed E-state index contributed by atoms with van der Waals surface area (Å²) in [5.41, 5.74) is -1.26. The van der Waals surface area contributed by atoms with E-state index in [0.29, 0.717) is 0 Å². The summed E-state index contributed by atoms with van der Waals surface area (Å²) in [4.78, 5) is 40.3. The Morgan fingerprint density at radius 2 is 1.48 bits per heavy atom. The zero-order valence-electron chi connectivity index (χ0n) is 16.4. The van der Waals surface area contributed by atoms with Crippen LogP contribution in [0.4, 0.5) is 24.5 Å². The van der Waals surface area contributed by atoms with Crippen LogP contribution in [0.2, 0.25) is 0 Å². The number of amides is 3. The molecule has 2 aromatic rings. The largest absolute Gasteiger partial charge is 0.418 e. The highest BCUT2D eigenvalue weighted by atomic mass is 19.4. The van der Waals surface area contributed by atoms with Crippen molar-refractivity contribution in [2.45, 2.75) is 25.4 Å². The summed E-state index contributed by atoms with van der Waals surface area (Å²) in [5, 5.41) is 2.30. The summed E-state index contributed by atoms with van der Waals surface area (Å²) in [6.45, 7) is 0. The molecule has 3 amide bonds. The Hall–Kier alpha value is -3.16. The summed E-state index contributed by atoms with van der Waals surface area (Å²) >= 11 is 0. The van der Waals surface area contributed by atoms with Gasteiger partial charge in [0.1, 0.15) is 0 Å². The molecular weight excluding hydrogens is 409 g/mol. The number of anilines is 2. The van der Waals surface area contributed by atoms with E-state index >= 15 is 0 Å². The Labute approximate surface area is 176 Å². The number of nitrogens with zero attached hydrogens (tertiary/aromatic N) is 1. The van der Waals surface area contributed by atoms with Crippen molar-refractivity contribution >= 4 is 29.1 Å². The van der Waals surface area contributed by atoms with Gasteiger partial charge in [-0.1, -0.05) is 24.3 Å². The quantitative estimate of drug-likeness (QED) is 0.733. The second-order valence-corrected chi connectivity index (χ2v) is 8.41. The average Bonchev–Trinajstić information content (AvgIpc) is 3.41. The van der Waals surface area contributed by atoms with Crippen molar-refractivity contribution in [3.63, 3.8) is 0 Å². The molecule has 3 fully saturated rings. The number of para-hydroxylation sites is 2. The van der Waals surface area contributed by atoms with Gasteiger partial charge in [-0.15, -0.1) is 0 Å². The number of benzene rings is 2. The lowest BCUT2D eigenvalue weighted by atomic mass is 9.81. The molecule has 2 aromatic carbocycles. The van der Waals surface area contributed by atoms with Crippen LogP contribution in [-0.4, -0.2) is 17.7 Å². The van der Waals surface area contributed by atoms with Crippen LogP contribution in [0, 0.1) is 23.7 Å². The number of hydrogen-bond donors (Lipinski definition) is 1. The Bertz CT molecular complexity index is 1070. The molecule has 5 nitrogen and oxygen atoms in total. The zero-order valence-corrected chi connectivity index (χ0v) is 16.4. The normalized spacial score (nSPS) is 27.0. The minimum atomic E-state index is -4.64. The molecule has 0 radical (unpaired) electrons. The molecule has 8 heteroatoms. The van der Waals surface area contributed by atoms with Crippen LogP contribution in [0.15, 0.2) is 48.5 Å². The number of fused-ring (bicyclic) bond motifs is 5. The number of hydrogen-bond acceptors (Lipinski definition) is 3. The van der Waals surface area contributed by atoms with E-state index in [1.54, 1.807) is 12.1 Å². The van der Waals surface area contributed by atoms with E-state index in [-0.39, 0.29) is 52.4 Å². The SMILES string of the molecule is O=C(Nc1ccccc1C(F)(F)F)c1ccccc1N1C(=O)[C@@H]2[C@H]3CC[C@@H](C3)[C@@H]2C1=O. The van der Waals surface area contributed by atoms with Crippen LogP contribution in [0.1, 0.15) is 35.2 Å². The number of alkyl halides is 3. The van der Waals surface area contributed by atoms with Crippen molar-refractivity contribution in [3.8, 4) is 0 Å². The van der Waals surface area contributed by atoms with Crippen molar-refractivity contribution in [2.24, 2.45) is 23.7 Å². The number of imide groups is 1. The van der Waals surface area contributed by atoms with Crippen LogP contribution in [-0.2, 0) is 15.8 Å². The first kappa shape index (κ1) is 19.8. The third-order valence-corrected chi connectivity index (χ3v) is 6.80. The van der Waals surface area contributed by atoms with E-state index in [2.05, 4.69) is 5.32 Å². The highest BCUT2D eigenvalue weighted by Crippen LogP contribution is 2.56. The minimum absolute atomic E-state index is 0.0199. The lowest BCUT2D eigenvalue weighted by Gasteiger charge is -2.20. The van der Waals surface area contributed by atoms with Crippen LogP contribution in [0.5, 0.6) is 0 Å². The molecule has 1 saturated heterocycles. The molecular formula is C23H19F3N2O3. The van der Waals surface area contributed by atoms with Gasteiger partial charge in [0, 0.05) is 0 Å². The van der Waals surface area contributed by atoms with E-state index in [1.807, 2.05) is 0 Å². The lowest BCUT2D eigenvalue weighted by molar-refractivity contribution is -0.137. The molecule has 2 saturated carbocycles. The van der Waals surface area contributed by atoms with Gasteiger partial charge < -0.3 is 5.32 Å². The monoisotopic (exact) mass is 428 g/mol. The number of carbonyl (C=O) groups excluding carboxylic acids is 3. The fraction of sp³-hybridized carbons (Fsp3) is 0.348. The number of carbonyl (C=O) groups is 3. The van der Waals surface area contributed by atoms with Gasteiger partial charge in [0.05, 0.1) is 34.3 Å². The first-order valence-electron chi connectivity index (χ1n) is 10.2. The van der Waals surface area contributed by atoms with Crippen molar-refractivity contribution in [2.75, 3.05) is 10.2 Å². The molecule has 31 heavy (non-hydrogen) atoms. The van der Waals surface area contributed by atoms with E-state index < -0.39 is 17.6 Å². The molecule has 160 valence electrons. The second kappa shape index (κ2) is 6.93. The van der Waals surface area contributed by atoms with Crippen molar-refractivity contribution in [1.29, 1.82) is 0 Å². The molecule has 0 unspecified atom stereocenters. The maximum Gasteiger partial charge on any atom is 0.418 e. The first-order chi connectivity index (χ1) is 14.8. The highest BCUT2D eigenvalue weighted by Gasteiger charge is 2.61. The smallest absolute Gasteiger partial charge is 0.321 e. The molecule has 0 aromatic heterocycles. The van der Waals surface area contributed by atoms with Crippen LogP contribution in [0.3, 0.4) is 0 Å². The van der Waals surface area contributed by atoms with Crippen molar-refractivity contribution < 1.29 is 27.6 Å². The molecule has 0 spiro atoms. The zero-order chi connectivity index (χ0) is 21.9. The molecule has 5 rings (SSSR count). The molecule has 1 N–H and O–H groups in total. The fourth-order valence-corrected chi connectivity index (χ4v) is 5.54. The van der Waals surface area contributed by atoms with E-state index in [1.165, 1.54) is 24.3 Å². The van der Waals surface area contributed by atoms with Gasteiger partial charge in [0.15, 0.2) is 0 Å². The Morgan fingerprint density at radius 3 is 2.13 bits per heavy atom. The van der Waals surface area contributed by atoms with Gasteiger partial charge in [-0.2, -0.15) is 13.2 Å². The highest BCUT2D eigenvalue weighted by molar-refractivity contribution is 6.25. The number of halogens is 3. The summed E-state index contributed by atoms with van der Waals surface area (Å²) in [6.07, 6.45) is -1.90. The van der Waals surface area contributed by atoms with E-state index in [4.69, 9.17) is 0 Å². The Balaban J connectivity index is 1.48. The summed E-state index contributed by atoms with van der Waals surface area (Å²) in [5.74, 6) is -1.75. The summed E-state index contributed by atoms with van der Waals surface area (Å²) in [7, 11) is 0. The summed E-state index contributed by atoms with van der Waals surface area (Å²) in [6, 6.07) is 10.7. The summed E-state index contributed by atoms with van der Waals surface area (Å²) < 4.78 is 39.9. The maximum atomic E-state index is 13.3. The van der Waals surface area contributed by atoms with Crippen LogP contribution >= 0.6 is 0 Å².